The second kappa shape index (κ2) is 3.37. The summed E-state index contributed by atoms with van der Waals surface area (Å²) in [4.78, 5) is 3.88. The zero-order valence-corrected chi connectivity index (χ0v) is 9.98. The Balaban J connectivity index is 2.47. The highest BCUT2D eigenvalue weighted by atomic mass is 16.4. The van der Waals surface area contributed by atoms with Gasteiger partial charge in [-0.3, -0.25) is 4.68 Å². The van der Waals surface area contributed by atoms with Crippen molar-refractivity contribution in [2.45, 2.75) is 26.2 Å². The maximum absolute atomic E-state index is 5.45. The second-order valence-electron chi connectivity index (χ2n) is 4.85. The van der Waals surface area contributed by atoms with Crippen LogP contribution in [-0.2, 0) is 12.5 Å². The van der Waals surface area contributed by atoms with Crippen molar-refractivity contribution in [1.29, 1.82) is 0 Å². The summed E-state index contributed by atoms with van der Waals surface area (Å²) in [5, 5.41) is 4.46. The quantitative estimate of drug-likeness (QED) is 0.797. The first-order valence-corrected chi connectivity index (χ1v) is 5.14. The largest absolute Gasteiger partial charge is 0.422 e. The normalized spacial score (nSPS) is 12.0. The Morgan fingerprint density at radius 2 is 2.06 bits per heavy atom. The Morgan fingerprint density at radius 1 is 1.38 bits per heavy atom. The molecule has 0 saturated carbocycles. The summed E-state index contributed by atoms with van der Waals surface area (Å²) in [6.45, 7) is 6.36. The van der Waals surface area contributed by atoms with Crippen LogP contribution in [0.2, 0.25) is 0 Å². The fourth-order valence-corrected chi connectivity index (χ4v) is 1.47. The number of oxazole rings is 1. The number of rotatable bonds is 1. The topological polar surface area (TPSA) is 69.9 Å². The lowest BCUT2D eigenvalue weighted by molar-refractivity contribution is 0.551. The highest BCUT2D eigenvalue weighted by Gasteiger charge is 2.20. The number of hydrogen-bond donors (Lipinski definition) is 1. The Hall–Kier alpha value is -1.78. The molecule has 5 heteroatoms. The van der Waals surface area contributed by atoms with Gasteiger partial charge < -0.3 is 10.2 Å². The molecule has 0 saturated heterocycles. The standard InChI is InChI=1S/C11H16N4O/c1-11(2,3)9-5-7(15(4)14-9)8-6-13-10(12)16-8/h5-6H,1-4H3,(H2,12,13). The molecule has 2 aromatic rings. The summed E-state index contributed by atoms with van der Waals surface area (Å²) in [5.41, 5.74) is 7.36. The molecule has 2 rings (SSSR count). The minimum Gasteiger partial charge on any atom is -0.422 e. The van der Waals surface area contributed by atoms with Gasteiger partial charge in [-0.05, 0) is 6.07 Å². The minimum absolute atomic E-state index is 0.0155. The fraction of sp³-hybridized carbons (Fsp3) is 0.455. The number of anilines is 1. The van der Waals surface area contributed by atoms with Crippen molar-refractivity contribution in [2.75, 3.05) is 5.73 Å². The average Bonchev–Trinajstić information content (AvgIpc) is 2.70. The van der Waals surface area contributed by atoms with Crippen molar-refractivity contribution in [3.8, 4) is 11.5 Å². The molecule has 0 aliphatic rings. The van der Waals surface area contributed by atoms with Gasteiger partial charge >= 0.3 is 0 Å². The molecule has 0 bridgehead atoms. The number of nitrogens with zero attached hydrogens (tertiary/aromatic N) is 3. The van der Waals surface area contributed by atoms with Crippen molar-refractivity contribution in [2.24, 2.45) is 7.05 Å². The van der Waals surface area contributed by atoms with Gasteiger partial charge in [0.05, 0.1) is 11.9 Å². The summed E-state index contributed by atoms with van der Waals surface area (Å²) in [6.07, 6.45) is 1.61. The van der Waals surface area contributed by atoms with E-state index in [-0.39, 0.29) is 11.4 Å². The SMILES string of the molecule is Cn1nc(C(C)(C)C)cc1-c1cnc(N)o1. The Labute approximate surface area is 94.3 Å². The lowest BCUT2D eigenvalue weighted by atomic mass is 9.92. The number of aromatic nitrogens is 3. The first-order chi connectivity index (χ1) is 7.38. The maximum atomic E-state index is 5.45. The zero-order chi connectivity index (χ0) is 11.9. The van der Waals surface area contributed by atoms with Crippen LogP contribution in [0, 0.1) is 0 Å². The Kier molecular flexibility index (Phi) is 2.26. The molecule has 0 aliphatic heterocycles. The van der Waals surface area contributed by atoms with Gasteiger partial charge in [-0.2, -0.15) is 5.10 Å². The van der Waals surface area contributed by atoms with Gasteiger partial charge in [-0.25, -0.2) is 4.98 Å². The molecule has 0 fully saturated rings. The molecule has 0 radical (unpaired) electrons. The van der Waals surface area contributed by atoms with Crippen molar-refractivity contribution >= 4 is 6.01 Å². The Morgan fingerprint density at radius 3 is 2.50 bits per heavy atom. The summed E-state index contributed by atoms with van der Waals surface area (Å²) in [5.74, 6) is 0.642. The third-order valence-corrected chi connectivity index (χ3v) is 2.42. The first kappa shape index (κ1) is 10.7. The predicted octanol–water partition coefficient (Wildman–Crippen LogP) is 1.95. The van der Waals surface area contributed by atoms with E-state index >= 15 is 0 Å². The van der Waals surface area contributed by atoms with Gasteiger partial charge in [0.2, 0.25) is 0 Å². The molecule has 16 heavy (non-hydrogen) atoms. The summed E-state index contributed by atoms with van der Waals surface area (Å²) in [7, 11) is 1.88. The first-order valence-electron chi connectivity index (χ1n) is 5.14. The molecule has 5 nitrogen and oxygen atoms in total. The van der Waals surface area contributed by atoms with Gasteiger partial charge in [-0.15, -0.1) is 0 Å². The summed E-state index contributed by atoms with van der Waals surface area (Å²) >= 11 is 0. The van der Waals surface area contributed by atoms with Gasteiger partial charge in [0, 0.05) is 12.5 Å². The highest BCUT2D eigenvalue weighted by Crippen LogP contribution is 2.27. The van der Waals surface area contributed by atoms with Crippen LogP contribution in [0.5, 0.6) is 0 Å². The van der Waals surface area contributed by atoms with Crippen LogP contribution in [0.1, 0.15) is 26.5 Å². The van der Waals surface area contributed by atoms with Crippen molar-refractivity contribution in [3.05, 3.63) is 18.0 Å². The smallest absolute Gasteiger partial charge is 0.292 e. The molecular weight excluding hydrogens is 204 g/mol. The third kappa shape index (κ3) is 1.80. The predicted molar refractivity (Wildman–Crippen MR) is 61.8 cm³/mol. The molecule has 0 amide bonds. The van der Waals surface area contributed by atoms with Crippen LogP contribution in [0.15, 0.2) is 16.7 Å². The van der Waals surface area contributed by atoms with Crippen LogP contribution < -0.4 is 5.73 Å². The van der Waals surface area contributed by atoms with Crippen molar-refractivity contribution in [3.63, 3.8) is 0 Å². The molecule has 0 unspecified atom stereocenters. The van der Waals surface area contributed by atoms with Crippen LogP contribution in [0.25, 0.3) is 11.5 Å². The van der Waals surface area contributed by atoms with Gasteiger partial charge in [0.25, 0.3) is 6.01 Å². The summed E-state index contributed by atoms with van der Waals surface area (Å²) < 4.78 is 7.06. The molecule has 86 valence electrons. The number of aryl methyl sites for hydroxylation is 1. The van der Waals surface area contributed by atoms with E-state index in [2.05, 4.69) is 30.9 Å². The number of nitrogens with two attached hydrogens (primary N) is 1. The van der Waals surface area contributed by atoms with E-state index in [9.17, 15) is 0 Å². The number of nitrogen functional groups attached to an aromatic ring is 1. The Bertz CT molecular complexity index is 504. The van der Waals surface area contributed by atoms with E-state index in [1.807, 2.05) is 13.1 Å². The van der Waals surface area contributed by atoms with Crippen molar-refractivity contribution in [1.82, 2.24) is 14.8 Å². The lowest BCUT2D eigenvalue weighted by Crippen LogP contribution is -2.12. The highest BCUT2D eigenvalue weighted by molar-refractivity contribution is 5.53. The van der Waals surface area contributed by atoms with E-state index in [0.29, 0.717) is 5.76 Å². The van der Waals surface area contributed by atoms with Crippen LogP contribution in [0.4, 0.5) is 6.01 Å². The van der Waals surface area contributed by atoms with E-state index in [0.717, 1.165) is 11.4 Å². The van der Waals surface area contributed by atoms with Gasteiger partial charge in [0.15, 0.2) is 5.76 Å². The van der Waals surface area contributed by atoms with E-state index < -0.39 is 0 Å². The van der Waals surface area contributed by atoms with Crippen LogP contribution in [0.3, 0.4) is 0 Å². The fourth-order valence-electron chi connectivity index (χ4n) is 1.47. The second-order valence-corrected chi connectivity index (χ2v) is 4.85. The monoisotopic (exact) mass is 220 g/mol. The molecule has 0 spiro atoms. The van der Waals surface area contributed by atoms with Crippen molar-refractivity contribution < 1.29 is 4.42 Å². The molecule has 2 N–H and O–H groups in total. The minimum atomic E-state index is 0.0155. The van der Waals surface area contributed by atoms with E-state index in [1.54, 1.807) is 10.9 Å². The molecule has 2 aromatic heterocycles. The van der Waals surface area contributed by atoms with Gasteiger partial charge in [-0.1, -0.05) is 20.8 Å². The molecule has 0 atom stereocenters. The lowest BCUT2D eigenvalue weighted by Gasteiger charge is -2.13. The van der Waals surface area contributed by atoms with E-state index in [1.165, 1.54) is 0 Å². The van der Waals surface area contributed by atoms with E-state index in [4.69, 9.17) is 10.2 Å². The molecule has 0 aliphatic carbocycles. The summed E-state index contributed by atoms with van der Waals surface area (Å²) in [6, 6.07) is 2.17. The number of hydrogen-bond acceptors (Lipinski definition) is 4. The van der Waals surface area contributed by atoms with Crippen LogP contribution in [-0.4, -0.2) is 14.8 Å². The van der Waals surface area contributed by atoms with Gasteiger partial charge in [0.1, 0.15) is 5.69 Å². The molecule has 0 aromatic carbocycles. The average molecular weight is 220 g/mol. The molecule has 2 heterocycles. The maximum Gasteiger partial charge on any atom is 0.292 e. The zero-order valence-electron chi connectivity index (χ0n) is 9.98. The van der Waals surface area contributed by atoms with Crippen LogP contribution >= 0.6 is 0 Å². The molecular formula is C11H16N4O. The third-order valence-electron chi connectivity index (χ3n) is 2.42.